The van der Waals surface area contributed by atoms with Crippen LogP contribution in [0.2, 0.25) is 0 Å². The molecule has 5 heteroatoms. The van der Waals surface area contributed by atoms with Crippen molar-refractivity contribution >= 4 is 11.5 Å². The normalized spacial score (nSPS) is 14.7. The predicted molar refractivity (Wildman–Crippen MR) is 69.3 cm³/mol. The summed E-state index contributed by atoms with van der Waals surface area (Å²) in [7, 11) is 0. The number of nitrogens with two attached hydrogens (primary N) is 1. The number of amidine groups is 1. The molecule has 0 unspecified atom stereocenters. The number of hydrogen-bond donors (Lipinski definition) is 2. The minimum atomic E-state index is -0.374. The zero-order valence-electron chi connectivity index (χ0n) is 10.6. The van der Waals surface area contributed by atoms with Gasteiger partial charge >= 0.3 is 0 Å². The standard InChI is InChI=1S/C13H18FN3O/c1-8(2)18-12-7-10(14)5-6-11(12)17(16)13(15)9-3-4-9/h5-9,15H,3-4,16H2,1-2H3. The van der Waals surface area contributed by atoms with E-state index < -0.39 is 0 Å². The quantitative estimate of drug-likeness (QED) is 0.374. The van der Waals surface area contributed by atoms with Crippen LogP contribution in [0.1, 0.15) is 26.7 Å². The maximum atomic E-state index is 13.2. The summed E-state index contributed by atoms with van der Waals surface area (Å²) < 4.78 is 18.8. The Labute approximate surface area is 106 Å². The molecule has 0 heterocycles. The van der Waals surface area contributed by atoms with Crippen molar-refractivity contribution in [3.8, 4) is 5.75 Å². The highest BCUT2D eigenvalue weighted by Crippen LogP contribution is 2.35. The van der Waals surface area contributed by atoms with Crippen LogP contribution < -0.4 is 15.6 Å². The first-order chi connectivity index (χ1) is 8.49. The second-order valence-electron chi connectivity index (χ2n) is 4.81. The van der Waals surface area contributed by atoms with Gasteiger partial charge in [-0.25, -0.2) is 10.2 Å². The van der Waals surface area contributed by atoms with E-state index in [1.165, 1.54) is 17.1 Å². The molecule has 3 N–H and O–H groups in total. The van der Waals surface area contributed by atoms with Gasteiger partial charge in [0, 0.05) is 12.0 Å². The molecule has 1 saturated carbocycles. The van der Waals surface area contributed by atoms with Crippen LogP contribution >= 0.6 is 0 Å². The van der Waals surface area contributed by atoms with E-state index in [9.17, 15) is 4.39 Å². The number of halogens is 1. The van der Waals surface area contributed by atoms with Crippen LogP contribution in [0.15, 0.2) is 18.2 Å². The van der Waals surface area contributed by atoms with Gasteiger partial charge < -0.3 is 4.74 Å². The molecule has 2 rings (SSSR count). The molecule has 1 fully saturated rings. The molecule has 0 radical (unpaired) electrons. The molecule has 1 aromatic rings. The molecule has 0 aliphatic heterocycles. The SMILES string of the molecule is CC(C)Oc1cc(F)ccc1N(N)C(=N)C1CC1. The first-order valence-corrected chi connectivity index (χ1v) is 6.08. The molecule has 0 bridgehead atoms. The summed E-state index contributed by atoms with van der Waals surface area (Å²) in [6, 6.07) is 4.17. The maximum Gasteiger partial charge on any atom is 0.147 e. The number of ether oxygens (including phenoxy) is 1. The van der Waals surface area contributed by atoms with Gasteiger partial charge in [-0.2, -0.15) is 0 Å². The predicted octanol–water partition coefficient (Wildman–Crippen LogP) is 2.68. The first kappa shape index (κ1) is 12.8. The minimum Gasteiger partial charge on any atom is -0.489 e. The van der Waals surface area contributed by atoms with E-state index in [-0.39, 0.29) is 17.8 Å². The third kappa shape index (κ3) is 2.79. The van der Waals surface area contributed by atoms with E-state index in [1.54, 1.807) is 6.07 Å². The highest BCUT2D eigenvalue weighted by atomic mass is 19.1. The molecule has 0 spiro atoms. The van der Waals surface area contributed by atoms with E-state index in [2.05, 4.69) is 0 Å². The summed E-state index contributed by atoms with van der Waals surface area (Å²) in [5.74, 6) is 6.50. The fraction of sp³-hybridized carbons (Fsp3) is 0.462. The van der Waals surface area contributed by atoms with Crippen molar-refractivity contribution in [3.05, 3.63) is 24.0 Å². The Morgan fingerprint density at radius 2 is 2.17 bits per heavy atom. The Hall–Kier alpha value is -1.62. The summed E-state index contributed by atoms with van der Waals surface area (Å²) in [6.07, 6.45) is 1.91. The average Bonchev–Trinajstić information content (AvgIpc) is 3.10. The van der Waals surface area contributed by atoms with Crippen LogP contribution in [0.5, 0.6) is 5.75 Å². The van der Waals surface area contributed by atoms with Crippen LogP contribution in [0.4, 0.5) is 10.1 Å². The van der Waals surface area contributed by atoms with E-state index >= 15 is 0 Å². The van der Waals surface area contributed by atoms with Gasteiger partial charge in [-0.1, -0.05) is 0 Å². The zero-order valence-corrected chi connectivity index (χ0v) is 10.6. The number of anilines is 1. The van der Waals surface area contributed by atoms with Gasteiger partial charge in [-0.15, -0.1) is 0 Å². The number of nitrogens with zero attached hydrogens (tertiary/aromatic N) is 1. The van der Waals surface area contributed by atoms with Crippen molar-refractivity contribution in [1.82, 2.24) is 0 Å². The number of hydrazine groups is 1. The van der Waals surface area contributed by atoms with Gasteiger partial charge in [0.2, 0.25) is 0 Å². The van der Waals surface area contributed by atoms with Gasteiger partial charge in [-0.05, 0) is 38.8 Å². The van der Waals surface area contributed by atoms with E-state index in [0.29, 0.717) is 17.3 Å². The Kier molecular flexibility index (Phi) is 3.52. The van der Waals surface area contributed by atoms with Gasteiger partial charge in [-0.3, -0.25) is 10.4 Å². The number of hydrogen-bond acceptors (Lipinski definition) is 3. The van der Waals surface area contributed by atoms with Crippen molar-refractivity contribution in [2.75, 3.05) is 5.01 Å². The third-order valence-electron chi connectivity index (χ3n) is 2.77. The Morgan fingerprint density at radius 1 is 1.50 bits per heavy atom. The Balaban J connectivity index is 2.27. The van der Waals surface area contributed by atoms with Gasteiger partial charge in [0.05, 0.1) is 6.10 Å². The van der Waals surface area contributed by atoms with Crippen LogP contribution in [-0.2, 0) is 0 Å². The molecule has 98 valence electrons. The van der Waals surface area contributed by atoms with Crippen LogP contribution in [0.25, 0.3) is 0 Å². The van der Waals surface area contributed by atoms with Gasteiger partial charge in [0.15, 0.2) is 0 Å². The monoisotopic (exact) mass is 251 g/mol. The number of benzene rings is 1. The molecular weight excluding hydrogens is 233 g/mol. The summed E-state index contributed by atoms with van der Waals surface area (Å²) in [4.78, 5) is 0. The van der Waals surface area contributed by atoms with Crippen molar-refractivity contribution in [2.24, 2.45) is 11.8 Å². The Morgan fingerprint density at radius 3 is 2.72 bits per heavy atom. The van der Waals surface area contributed by atoms with Gasteiger partial charge in [0.25, 0.3) is 0 Å². The topological polar surface area (TPSA) is 62.3 Å². The molecule has 0 amide bonds. The number of rotatable bonds is 4. The second-order valence-corrected chi connectivity index (χ2v) is 4.81. The number of nitrogens with one attached hydrogen (secondary N) is 1. The molecule has 1 aliphatic rings. The average molecular weight is 251 g/mol. The first-order valence-electron chi connectivity index (χ1n) is 6.08. The van der Waals surface area contributed by atoms with Crippen molar-refractivity contribution in [2.45, 2.75) is 32.8 Å². The smallest absolute Gasteiger partial charge is 0.147 e. The molecule has 1 aromatic carbocycles. The fourth-order valence-electron chi connectivity index (χ4n) is 1.72. The second kappa shape index (κ2) is 4.94. The largest absolute Gasteiger partial charge is 0.489 e. The lowest BCUT2D eigenvalue weighted by Crippen LogP contribution is -2.38. The molecule has 1 aliphatic carbocycles. The lowest BCUT2D eigenvalue weighted by Gasteiger charge is -2.23. The van der Waals surface area contributed by atoms with Crippen molar-refractivity contribution < 1.29 is 9.13 Å². The lowest BCUT2D eigenvalue weighted by atomic mass is 10.2. The van der Waals surface area contributed by atoms with Crippen molar-refractivity contribution in [1.29, 1.82) is 5.41 Å². The van der Waals surface area contributed by atoms with E-state index in [1.807, 2.05) is 13.8 Å². The minimum absolute atomic E-state index is 0.0749. The van der Waals surface area contributed by atoms with Gasteiger partial charge in [0.1, 0.15) is 23.1 Å². The highest BCUT2D eigenvalue weighted by Gasteiger charge is 2.30. The van der Waals surface area contributed by atoms with E-state index in [0.717, 1.165) is 12.8 Å². The Bertz CT molecular complexity index is 458. The summed E-state index contributed by atoms with van der Waals surface area (Å²) in [6.45, 7) is 3.73. The van der Waals surface area contributed by atoms with E-state index in [4.69, 9.17) is 16.0 Å². The lowest BCUT2D eigenvalue weighted by molar-refractivity contribution is 0.242. The summed E-state index contributed by atoms with van der Waals surface area (Å²) in [5, 5.41) is 9.22. The van der Waals surface area contributed by atoms with Crippen LogP contribution in [-0.4, -0.2) is 11.9 Å². The van der Waals surface area contributed by atoms with Crippen molar-refractivity contribution in [3.63, 3.8) is 0 Å². The third-order valence-corrected chi connectivity index (χ3v) is 2.77. The zero-order chi connectivity index (χ0) is 13.3. The maximum absolute atomic E-state index is 13.2. The highest BCUT2D eigenvalue weighted by molar-refractivity contribution is 5.98. The molecule has 0 saturated heterocycles. The molecular formula is C13H18FN3O. The summed E-state index contributed by atoms with van der Waals surface area (Å²) in [5.41, 5.74) is 0.530. The molecule has 0 aromatic heterocycles. The summed E-state index contributed by atoms with van der Waals surface area (Å²) >= 11 is 0. The fourth-order valence-corrected chi connectivity index (χ4v) is 1.72. The van der Waals surface area contributed by atoms with Crippen LogP contribution in [0.3, 0.4) is 0 Å². The molecule has 0 atom stereocenters. The molecule has 4 nitrogen and oxygen atoms in total. The van der Waals surface area contributed by atoms with Crippen LogP contribution in [0, 0.1) is 17.1 Å². The molecule has 18 heavy (non-hydrogen) atoms.